The van der Waals surface area contributed by atoms with E-state index in [4.69, 9.17) is 0 Å². The van der Waals surface area contributed by atoms with Crippen molar-refractivity contribution in [3.8, 4) is 0 Å². The van der Waals surface area contributed by atoms with Gasteiger partial charge in [-0.2, -0.15) is 0 Å². The Morgan fingerprint density at radius 2 is 1.73 bits per heavy atom. The highest BCUT2D eigenvalue weighted by molar-refractivity contribution is 5.94. The van der Waals surface area contributed by atoms with Gasteiger partial charge in [0.25, 0.3) is 11.8 Å². The van der Waals surface area contributed by atoms with Gasteiger partial charge in [0.2, 0.25) is 0 Å². The molecule has 0 radical (unpaired) electrons. The molecule has 168 valence electrons. The van der Waals surface area contributed by atoms with Gasteiger partial charge in [-0.3, -0.25) is 14.6 Å². The summed E-state index contributed by atoms with van der Waals surface area (Å²) >= 11 is 0. The smallest absolute Gasteiger partial charge is 0.274 e. The average molecular weight is 442 g/mol. The monoisotopic (exact) mass is 441 g/mol. The first-order valence-corrected chi connectivity index (χ1v) is 11.0. The minimum Gasteiger partial charge on any atom is -0.351 e. The number of hydrogen-bond acceptors (Lipinski definition) is 4. The van der Waals surface area contributed by atoms with E-state index in [0.29, 0.717) is 36.3 Å². The lowest BCUT2D eigenvalue weighted by molar-refractivity contribution is 0.0717. The van der Waals surface area contributed by atoms with Crippen LogP contribution in [-0.4, -0.2) is 50.9 Å². The number of nitrogens with one attached hydrogen (secondary N) is 1. The maximum absolute atomic E-state index is 13.3. The van der Waals surface area contributed by atoms with Crippen molar-refractivity contribution < 1.29 is 9.59 Å². The van der Waals surface area contributed by atoms with Crippen LogP contribution in [0.4, 0.5) is 0 Å². The fraction of sp³-hybridized carbons (Fsp3) is 0.231. The quantitative estimate of drug-likeness (QED) is 0.454. The van der Waals surface area contributed by atoms with Crippen molar-refractivity contribution in [2.24, 2.45) is 7.05 Å². The van der Waals surface area contributed by atoms with Gasteiger partial charge in [0.05, 0.1) is 17.2 Å². The molecule has 2 heterocycles. The van der Waals surface area contributed by atoms with E-state index in [0.717, 1.165) is 11.1 Å². The Balaban J connectivity index is 1.49. The molecule has 4 rings (SSSR count). The first kappa shape index (κ1) is 22.2. The highest BCUT2D eigenvalue weighted by Gasteiger charge is 2.23. The molecule has 0 saturated carbocycles. The predicted molar refractivity (Wildman–Crippen MR) is 128 cm³/mol. The molecule has 4 aromatic rings. The highest BCUT2D eigenvalue weighted by atomic mass is 16.2. The minimum atomic E-state index is -0.192. The average Bonchev–Trinajstić information content (AvgIpc) is 3.28. The van der Waals surface area contributed by atoms with Crippen LogP contribution in [0.5, 0.6) is 0 Å². The van der Waals surface area contributed by atoms with Crippen molar-refractivity contribution in [1.29, 1.82) is 0 Å². The fourth-order valence-electron chi connectivity index (χ4n) is 3.87. The van der Waals surface area contributed by atoms with E-state index in [9.17, 15) is 9.59 Å². The van der Waals surface area contributed by atoms with E-state index in [-0.39, 0.29) is 17.9 Å². The molecule has 0 unspecified atom stereocenters. The third kappa shape index (κ3) is 5.26. The van der Waals surface area contributed by atoms with E-state index in [2.05, 4.69) is 15.3 Å². The van der Waals surface area contributed by atoms with Crippen LogP contribution < -0.4 is 5.32 Å². The summed E-state index contributed by atoms with van der Waals surface area (Å²) in [6.07, 6.45) is 4.64. The second kappa shape index (κ2) is 10.1. The van der Waals surface area contributed by atoms with Crippen LogP contribution in [0.1, 0.15) is 33.0 Å². The SMILES string of the molecule is CN(C(=O)c1cnc2ccccc2n1)[C@H](CCNC(=O)c1cccn1C)Cc1ccccc1. The van der Waals surface area contributed by atoms with Crippen molar-refractivity contribution in [2.45, 2.75) is 18.9 Å². The molecule has 2 aromatic heterocycles. The second-order valence-electron chi connectivity index (χ2n) is 8.05. The fourth-order valence-corrected chi connectivity index (χ4v) is 3.87. The Morgan fingerprint density at radius 1 is 1.00 bits per heavy atom. The molecule has 7 heteroatoms. The summed E-state index contributed by atoms with van der Waals surface area (Å²) in [7, 11) is 3.62. The maximum atomic E-state index is 13.3. The van der Waals surface area contributed by atoms with Crippen LogP contribution in [0.3, 0.4) is 0 Å². The van der Waals surface area contributed by atoms with Gasteiger partial charge in [0.15, 0.2) is 0 Å². The maximum Gasteiger partial charge on any atom is 0.274 e. The zero-order valence-electron chi connectivity index (χ0n) is 18.8. The van der Waals surface area contributed by atoms with Crippen LogP contribution in [0.2, 0.25) is 0 Å². The summed E-state index contributed by atoms with van der Waals surface area (Å²) in [4.78, 5) is 36.4. The number of aromatic nitrogens is 3. The zero-order valence-corrected chi connectivity index (χ0v) is 18.8. The third-order valence-electron chi connectivity index (χ3n) is 5.79. The number of carbonyl (C=O) groups is 2. The lowest BCUT2D eigenvalue weighted by Crippen LogP contribution is -2.41. The summed E-state index contributed by atoms with van der Waals surface area (Å²) in [5.74, 6) is -0.321. The second-order valence-corrected chi connectivity index (χ2v) is 8.05. The molecule has 0 spiro atoms. The number of aryl methyl sites for hydroxylation is 1. The molecule has 33 heavy (non-hydrogen) atoms. The first-order valence-electron chi connectivity index (χ1n) is 11.0. The zero-order chi connectivity index (χ0) is 23.2. The largest absolute Gasteiger partial charge is 0.351 e. The van der Waals surface area contributed by atoms with Crippen molar-refractivity contribution in [3.63, 3.8) is 0 Å². The van der Waals surface area contributed by atoms with Crippen LogP contribution in [0.25, 0.3) is 11.0 Å². The van der Waals surface area contributed by atoms with Crippen molar-refractivity contribution in [1.82, 2.24) is 24.8 Å². The lowest BCUT2D eigenvalue weighted by Gasteiger charge is -2.28. The van der Waals surface area contributed by atoms with Gasteiger partial charge in [0.1, 0.15) is 11.4 Å². The van der Waals surface area contributed by atoms with Gasteiger partial charge < -0.3 is 14.8 Å². The summed E-state index contributed by atoms with van der Waals surface area (Å²) < 4.78 is 1.78. The van der Waals surface area contributed by atoms with E-state index in [1.807, 2.05) is 73.9 Å². The molecule has 1 N–H and O–H groups in total. The molecule has 0 aliphatic heterocycles. The molecule has 0 fully saturated rings. The third-order valence-corrected chi connectivity index (χ3v) is 5.79. The molecular formula is C26H27N5O2. The molecule has 1 atom stereocenters. The number of benzene rings is 2. The van der Waals surface area contributed by atoms with E-state index >= 15 is 0 Å². The van der Waals surface area contributed by atoms with Gasteiger partial charge in [-0.25, -0.2) is 4.98 Å². The van der Waals surface area contributed by atoms with Gasteiger partial charge in [-0.05, 0) is 42.7 Å². The number of fused-ring (bicyclic) bond motifs is 1. The number of carbonyl (C=O) groups excluding carboxylic acids is 2. The number of likely N-dealkylation sites (N-methyl/N-ethyl adjacent to an activating group) is 1. The van der Waals surface area contributed by atoms with Crippen LogP contribution >= 0.6 is 0 Å². The van der Waals surface area contributed by atoms with E-state index < -0.39 is 0 Å². The van der Waals surface area contributed by atoms with E-state index in [1.54, 1.807) is 22.6 Å². The number of para-hydroxylation sites is 2. The molecule has 0 saturated heterocycles. The topological polar surface area (TPSA) is 80.1 Å². The minimum absolute atomic E-state index is 0.123. The molecule has 0 bridgehead atoms. The number of rotatable bonds is 8. The molecule has 2 amide bonds. The van der Waals surface area contributed by atoms with Gasteiger partial charge >= 0.3 is 0 Å². The molecular weight excluding hydrogens is 414 g/mol. The molecule has 7 nitrogen and oxygen atoms in total. The highest BCUT2D eigenvalue weighted by Crippen LogP contribution is 2.15. The van der Waals surface area contributed by atoms with Gasteiger partial charge in [0, 0.05) is 32.9 Å². The molecule has 0 aliphatic carbocycles. The number of nitrogens with zero attached hydrogens (tertiary/aromatic N) is 4. The Bertz CT molecular complexity index is 1250. The Labute approximate surface area is 193 Å². The Kier molecular flexibility index (Phi) is 6.78. The van der Waals surface area contributed by atoms with Crippen molar-refractivity contribution >= 4 is 22.8 Å². The van der Waals surface area contributed by atoms with Crippen LogP contribution in [0.15, 0.2) is 79.1 Å². The van der Waals surface area contributed by atoms with Crippen molar-refractivity contribution in [3.05, 3.63) is 96.1 Å². The Morgan fingerprint density at radius 3 is 2.45 bits per heavy atom. The first-order chi connectivity index (χ1) is 16.0. The molecule has 2 aromatic carbocycles. The summed E-state index contributed by atoms with van der Waals surface area (Å²) in [6.45, 7) is 0.447. The van der Waals surface area contributed by atoms with Crippen LogP contribution in [-0.2, 0) is 13.5 Å². The predicted octanol–water partition coefficient (Wildman–Crippen LogP) is 3.47. The van der Waals surface area contributed by atoms with E-state index in [1.165, 1.54) is 6.20 Å². The molecule has 0 aliphatic rings. The van der Waals surface area contributed by atoms with Crippen LogP contribution in [0, 0.1) is 0 Å². The standard InChI is InChI=1S/C26H27N5O2/c1-30-16-8-13-24(30)25(32)27-15-14-20(17-19-9-4-3-5-10-19)31(2)26(33)23-18-28-21-11-6-7-12-22(21)29-23/h3-13,16,18,20H,14-15,17H2,1-2H3,(H,27,32)/t20-/m1/s1. The number of hydrogen-bond donors (Lipinski definition) is 1. The summed E-state index contributed by atoms with van der Waals surface area (Å²) in [6, 6.07) is 21.0. The Hall–Kier alpha value is -4.00. The van der Waals surface area contributed by atoms with Gasteiger partial charge in [-0.1, -0.05) is 42.5 Å². The lowest BCUT2D eigenvalue weighted by atomic mass is 10.0. The summed E-state index contributed by atoms with van der Waals surface area (Å²) in [5.41, 5.74) is 3.47. The normalized spacial score (nSPS) is 11.8. The van der Waals surface area contributed by atoms with Gasteiger partial charge in [-0.15, -0.1) is 0 Å². The number of amides is 2. The summed E-state index contributed by atoms with van der Waals surface area (Å²) in [5, 5.41) is 2.97. The van der Waals surface area contributed by atoms with Crippen molar-refractivity contribution in [2.75, 3.05) is 13.6 Å².